The Kier molecular flexibility index (Phi) is 6.30. The number of aliphatic imine (C=N–C) groups is 1. The third-order valence-electron chi connectivity index (χ3n) is 11.1. The highest BCUT2D eigenvalue weighted by Gasteiger charge is 2.51. The molecule has 0 N–H and O–H groups in total. The minimum atomic E-state index is -0.371. The van der Waals surface area contributed by atoms with Crippen LogP contribution in [-0.2, 0) is 5.41 Å². The Hall–Kier alpha value is -5.73. The van der Waals surface area contributed by atoms with Crippen molar-refractivity contribution < 1.29 is 0 Å². The van der Waals surface area contributed by atoms with Gasteiger partial charge in [-0.15, -0.1) is 0 Å². The molecule has 3 aliphatic rings. The molecule has 7 aromatic rings. The van der Waals surface area contributed by atoms with Crippen LogP contribution in [0, 0.1) is 0 Å². The largest absolute Gasteiger partial charge is 0.253 e. The Morgan fingerprint density at radius 1 is 0.490 bits per heavy atom. The van der Waals surface area contributed by atoms with Gasteiger partial charge in [0.2, 0.25) is 0 Å². The highest BCUT2D eigenvalue weighted by Crippen LogP contribution is 2.62. The van der Waals surface area contributed by atoms with Gasteiger partial charge in [0, 0.05) is 11.6 Å². The SMILES string of the molecule is [B]c1ccc2c(c1)-c1ccccc1C21c2ccccc2-c2cc(-c3cccc(C4=Nc5ccccc5C(c5ccccc5)CC4)c3)ccc21. The van der Waals surface area contributed by atoms with E-state index in [4.69, 9.17) is 12.8 Å². The van der Waals surface area contributed by atoms with E-state index in [0.29, 0.717) is 5.92 Å². The number of para-hydroxylation sites is 1. The summed E-state index contributed by atoms with van der Waals surface area (Å²) in [7, 11) is 6.37. The molecule has 0 saturated carbocycles. The molecule has 0 amide bonds. The second-order valence-corrected chi connectivity index (χ2v) is 13.6. The Labute approximate surface area is 289 Å². The first kappa shape index (κ1) is 28.3. The van der Waals surface area contributed by atoms with Crippen LogP contribution < -0.4 is 5.46 Å². The van der Waals surface area contributed by atoms with Crippen LogP contribution in [0.4, 0.5) is 5.69 Å². The Morgan fingerprint density at radius 3 is 1.90 bits per heavy atom. The fraction of sp³-hybridized carbons (Fsp3) is 0.0851. The Bertz CT molecular complexity index is 2470. The fourth-order valence-electron chi connectivity index (χ4n) is 8.99. The maximum Gasteiger partial charge on any atom is 0.113 e. The lowest BCUT2D eigenvalue weighted by Gasteiger charge is -2.30. The van der Waals surface area contributed by atoms with Gasteiger partial charge in [-0.25, -0.2) is 0 Å². The number of rotatable bonds is 3. The third-order valence-corrected chi connectivity index (χ3v) is 11.1. The molecule has 2 unspecified atom stereocenters. The topological polar surface area (TPSA) is 12.4 Å². The molecule has 10 rings (SSSR count). The molecule has 2 aliphatic carbocycles. The molecule has 2 heteroatoms. The van der Waals surface area contributed by atoms with Gasteiger partial charge in [-0.2, -0.15) is 0 Å². The quantitative estimate of drug-likeness (QED) is 0.174. The van der Waals surface area contributed by atoms with E-state index < -0.39 is 0 Å². The first-order valence-corrected chi connectivity index (χ1v) is 17.3. The summed E-state index contributed by atoms with van der Waals surface area (Å²) >= 11 is 0. The minimum Gasteiger partial charge on any atom is -0.253 e. The van der Waals surface area contributed by atoms with Crippen LogP contribution in [0.1, 0.15) is 57.7 Å². The zero-order valence-corrected chi connectivity index (χ0v) is 27.1. The van der Waals surface area contributed by atoms with Gasteiger partial charge in [0.15, 0.2) is 0 Å². The van der Waals surface area contributed by atoms with Crippen LogP contribution in [0.2, 0.25) is 0 Å². The first-order valence-electron chi connectivity index (χ1n) is 17.3. The summed E-state index contributed by atoms with van der Waals surface area (Å²) in [6.45, 7) is 0. The van der Waals surface area contributed by atoms with E-state index in [1.165, 1.54) is 72.3 Å². The summed E-state index contributed by atoms with van der Waals surface area (Å²) in [6.07, 6.45) is 1.94. The van der Waals surface area contributed by atoms with Gasteiger partial charge in [-0.1, -0.05) is 151 Å². The van der Waals surface area contributed by atoms with Crippen molar-refractivity contribution in [3.63, 3.8) is 0 Å². The second kappa shape index (κ2) is 10.9. The average Bonchev–Trinajstić information content (AvgIpc) is 3.52. The lowest BCUT2D eigenvalue weighted by atomic mass is 9.70. The normalized spacial score (nSPS) is 18.1. The maximum absolute atomic E-state index is 6.37. The number of benzene rings is 7. The molecule has 1 aliphatic heterocycles. The molecular weight excluding hydrogens is 589 g/mol. The van der Waals surface area contributed by atoms with Crippen molar-refractivity contribution >= 4 is 24.7 Å². The van der Waals surface area contributed by atoms with Gasteiger partial charge in [-0.05, 0) is 103 Å². The molecular formula is C47H32BN. The van der Waals surface area contributed by atoms with E-state index in [1.807, 2.05) is 0 Å². The molecule has 0 saturated heterocycles. The fourth-order valence-corrected chi connectivity index (χ4v) is 8.99. The molecule has 228 valence electrons. The summed E-state index contributed by atoms with van der Waals surface area (Å²) < 4.78 is 0. The monoisotopic (exact) mass is 621 g/mol. The van der Waals surface area contributed by atoms with E-state index in [-0.39, 0.29) is 5.41 Å². The van der Waals surface area contributed by atoms with E-state index in [1.54, 1.807) is 0 Å². The molecule has 49 heavy (non-hydrogen) atoms. The number of hydrogen-bond acceptors (Lipinski definition) is 1. The van der Waals surface area contributed by atoms with Gasteiger partial charge in [0.1, 0.15) is 7.85 Å². The number of nitrogens with zero attached hydrogens (tertiary/aromatic N) is 1. The van der Waals surface area contributed by atoms with Crippen LogP contribution in [0.15, 0.2) is 169 Å². The predicted octanol–water partition coefficient (Wildman–Crippen LogP) is 10.5. The first-order chi connectivity index (χ1) is 24.2. The van der Waals surface area contributed by atoms with Gasteiger partial charge in [0.25, 0.3) is 0 Å². The zero-order valence-electron chi connectivity index (χ0n) is 27.1. The van der Waals surface area contributed by atoms with Gasteiger partial charge in [0.05, 0.1) is 11.1 Å². The van der Waals surface area contributed by atoms with Crippen LogP contribution in [-0.4, -0.2) is 13.6 Å². The summed E-state index contributed by atoms with van der Waals surface area (Å²) in [5, 5.41) is 0. The van der Waals surface area contributed by atoms with Gasteiger partial charge >= 0.3 is 0 Å². The standard InChI is InChI=1S/C47H32BN/c48-34-22-25-44-40(29-34)37-16-5-8-19-42(37)47(44)41-18-7-4-15-36(41)39-28-32(21-24-43(39)47)31-13-10-14-33(27-31)45-26-23-35(30-11-2-1-3-12-30)38-17-6-9-20-46(38)49-45/h1-22,24-25,27-29,35H,23,26H2. The number of hydrogen-bond donors (Lipinski definition) is 0. The van der Waals surface area contributed by atoms with Crippen LogP contribution in [0.3, 0.4) is 0 Å². The van der Waals surface area contributed by atoms with Crippen LogP contribution in [0.25, 0.3) is 33.4 Å². The van der Waals surface area contributed by atoms with Crippen molar-refractivity contribution in [2.75, 3.05) is 0 Å². The molecule has 0 aromatic heterocycles. The summed E-state index contributed by atoms with van der Waals surface area (Å²) in [5.74, 6) is 0.327. The Balaban J connectivity index is 1.09. The number of fused-ring (bicyclic) bond motifs is 11. The maximum atomic E-state index is 6.37. The zero-order chi connectivity index (χ0) is 32.5. The summed E-state index contributed by atoms with van der Waals surface area (Å²) in [5.41, 5.74) is 19.3. The van der Waals surface area contributed by atoms with Crippen LogP contribution in [0.5, 0.6) is 0 Å². The van der Waals surface area contributed by atoms with Crippen LogP contribution >= 0.6 is 0 Å². The smallest absolute Gasteiger partial charge is 0.113 e. The molecule has 1 heterocycles. The average molecular weight is 622 g/mol. The second-order valence-electron chi connectivity index (χ2n) is 13.6. The lowest BCUT2D eigenvalue weighted by Crippen LogP contribution is -2.26. The Morgan fingerprint density at radius 2 is 1.10 bits per heavy atom. The van der Waals surface area contributed by atoms with Crippen molar-refractivity contribution in [2.24, 2.45) is 4.99 Å². The van der Waals surface area contributed by atoms with E-state index in [9.17, 15) is 0 Å². The summed E-state index contributed by atoms with van der Waals surface area (Å²) in [4.78, 5) is 5.31. The van der Waals surface area contributed by atoms with Crippen molar-refractivity contribution in [2.45, 2.75) is 24.2 Å². The third kappa shape index (κ3) is 4.17. The summed E-state index contributed by atoms with van der Waals surface area (Å²) in [6, 6.07) is 60.0. The van der Waals surface area contributed by atoms with Gasteiger partial charge < -0.3 is 0 Å². The van der Waals surface area contributed by atoms with E-state index in [2.05, 4.69) is 164 Å². The van der Waals surface area contributed by atoms with E-state index >= 15 is 0 Å². The highest BCUT2D eigenvalue weighted by molar-refractivity contribution is 6.32. The minimum absolute atomic E-state index is 0.327. The molecule has 1 nitrogen and oxygen atoms in total. The van der Waals surface area contributed by atoms with Crippen molar-refractivity contribution in [1.82, 2.24) is 0 Å². The van der Waals surface area contributed by atoms with Crippen molar-refractivity contribution in [3.05, 3.63) is 203 Å². The predicted molar refractivity (Wildman–Crippen MR) is 204 cm³/mol. The molecule has 2 radical (unpaired) electrons. The molecule has 7 aromatic carbocycles. The molecule has 0 bridgehead atoms. The molecule has 0 fully saturated rings. The molecule has 1 spiro atoms. The molecule has 2 atom stereocenters. The van der Waals surface area contributed by atoms with Crippen molar-refractivity contribution in [3.8, 4) is 33.4 Å². The van der Waals surface area contributed by atoms with E-state index in [0.717, 1.165) is 29.7 Å². The highest BCUT2D eigenvalue weighted by atomic mass is 14.8. The van der Waals surface area contributed by atoms with Gasteiger partial charge in [-0.3, -0.25) is 4.99 Å². The van der Waals surface area contributed by atoms with Crippen molar-refractivity contribution in [1.29, 1.82) is 0 Å². The lowest BCUT2D eigenvalue weighted by molar-refractivity contribution is 0.752.